The van der Waals surface area contributed by atoms with Gasteiger partial charge >= 0.3 is 0 Å². The zero-order valence-corrected chi connectivity index (χ0v) is 55.8. The van der Waals surface area contributed by atoms with Crippen LogP contribution in [0.15, 0.2) is 196 Å². The van der Waals surface area contributed by atoms with Gasteiger partial charge in [0.05, 0.1) is 11.9 Å². The van der Waals surface area contributed by atoms with Crippen LogP contribution in [0.2, 0.25) is 0 Å². The van der Waals surface area contributed by atoms with E-state index in [9.17, 15) is 0 Å². The zero-order chi connectivity index (χ0) is 64.0. The summed E-state index contributed by atoms with van der Waals surface area (Å²) in [5, 5.41) is 14.6. The highest BCUT2D eigenvalue weighted by Gasteiger charge is 1.79. The van der Waals surface area contributed by atoms with Crippen LogP contribution in [0.25, 0.3) is 0 Å². The van der Waals surface area contributed by atoms with E-state index in [2.05, 4.69) is 84.3 Å². The highest BCUT2D eigenvalue weighted by Crippen LogP contribution is 1.93. The Bertz CT molecular complexity index is 1760. The smallest absolute Gasteiger partial charge is 0.125 e. The van der Waals surface area contributed by atoms with Crippen molar-refractivity contribution in [2.45, 2.75) is 321 Å². The first-order valence-corrected chi connectivity index (χ1v) is 28.8. The molecule has 0 spiro atoms. The highest BCUT2D eigenvalue weighted by atomic mass is 15.1. The SMILES string of the molecule is C.C.C.C.C.C.C.C.C.C.C.C.C.C.C.C.C.C.CC.CC.CC.CC.CC.CC.CC.CC.CC.Cc1ccccc1.Cc1ccccn1.Cc1cccnc1.Cc1cccnn1.Cc1ccncc1.Cc1ccncn1.Cc1ccnnc1.Cc1cncnc1.Cc1ncccn1. The van der Waals surface area contributed by atoms with E-state index >= 15 is 0 Å². The average molecular weight is 1400 g/mol. The molecule has 9 aromatic rings. The molecule has 0 N–H and O–H groups in total. The molecule has 594 valence electrons. The number of hydrogen-bond donors (Lipinski definition) is 0. The van der Waals surface area contributed by atoms with Gasteiger partial charge in [-0.05, 0) is 145 Å². The number of rotatable bonds is 0. The van der Waals surface area contributed by atoms with Crippen LogP contribution in [0.3, 0.4) is 0 Å². The molecule has 0 unspecified atom stereocenters. The normalized spacial score (nSPS) is 6.09. The minimum absolute atomic E-state index is 0. The number of pyridine rings is 3. The van der Waals surface area contributed by atoms with Crippen molar-refractivity contribution in [3.05, 3.63) is 247 Å². The van der Waals surface area contributed by atoms with Crippen LogP contribution >= 0.6 is 0 Å². The van der Waals surface area contributed by atoms with Crippen LogP contribution in [0.5, 0.6) is 0 Å². The Morgan fingerprint density at radius 3 is 0.727 bits per heavy atom. The van der Waals surface area contributed by atoms with E-state index in [1.54, 1.807) is 80.4 Å². The third-order valence-corrected chi connectivity index (χ3v) is 6.96. The molecule has 0 amide bonds. The zero-order valence-electron chi connectivity index (χ0n) is 55.8. The Kier molecular flexibility index (Phi) is 316. The molecule has 0 bridgehead atoms. The summed E-state index contributed by atoms with van der Waals surface area (Å²) >= 11 is 0. The Hall–Kier alpha value is -7.93. The fourth-order valence-electron chi connectivity index (χ4n) is 3.70. The van der Waals surface area contributed by atoms with Crippen molar-refractivity contribution >= 4 is 0 Å². The van der Waals surface area contributed by atoms with Crippen molar-refractivity contribution in [3.8, 4) is 0 Å². The van der Waals surface area contributed by atoms with Crippen LogP contribution in [-0.2, 0) is 0 Å². The number of nitrogens with zero attached hydrogens (tertiary/aromatic N) is 13. The first-order chi connectivity index (χ1) is 39.5. The maximum absolute atomic E-state index is 3.98. The molecule has 0 saturated carbocycles. The topological polar surface area (TPSA) is 168 Å². The maximum atomic E-state index is 3.98. The quantitative estimate of drug-likeness (QED) is 0.141. The van der Waals surface area contributed by atoms with Gasteiger partial charge in [0.25, 0.3) is 0 Å². The van der Waals surface area contributed by atoms with E-state index in [1.165, 1.54) is 29.3 Å². The van der Waals surface area contributed by atoms with E-state index in [0.29, 0.717) is 0 Å². The van der Waals surface area contributed by atoms with Gasteiger partial charge in [-0.3, -0.25) is 15.0 Å². The summed E-state index contributed by atoms with van der Waals surface area (Å²) in [4.78, 5) is 34.6. The molecule has 13 heteroatoms. The van der Waals surface area contributed by atoms with Crippen molar-refractivity contribution < 1.29 is 0 Å². The van der Waals surface area contributed by atoms with Crippen LogP contribution in [-0.4, -0.2) is 65.3 Å². The summed E-state index contributed by atoms with van der Waals surface area (Å²) in [6, 6.07) is 33.4. The van der Waals surface area contributed by atoms with Gasteiger partial charge in [0.15, 0.2) is 0 Å². The van der Waals surface area contributed by atoms with Crippen LogP contribution in [0.4, 0.5) is 0 Å². The van der Waals surface area contributed by atoms with Crippen molar-refractivity contribution in [1.29, 1.82) is 0 Å². The molecule has 0 aliphatic carbocycles. The van der Waals surface area contributed by atoms with Crippen LogP contribution < -0.4 is 0 Å². The summed E-state index contributed by atoms with van der Waals surface area (Å²) in [7, 11) is 0. The lowest BCUT2D eigenvalue weighted by Crippen LogP contribution is -1.80. The molecule has 13 nitrogen and oxygen atoms in total. The van der Waals surface area contributed by atoms with Gasteiger partial charge in [-0.15, -0.1) is 0 Å². The molecule has 9 rings (SSSR count). The van der Waals surface area contributed by atoms with Gasteiger partial charge in [-0.2, -0.15) is 20.4 Å². The lowest BCUT2D eigenvalue weighted by Gasteiger charge is -1.82. The molecule has 0 aliphatic rings. The van der Waals surface area contributed by atoms with Crippen LogP contribution in [0, 0.1) is 62.3 Å². The molecule has 0 atom stereocenters. The standard InChI is InChI=1S/C7H8.3C6H7N.5C5H6N2.9C2H6.18CH4/c1-7-5-3-2-4-6-7;1-6-2-4-7-5-3-6;1-6-3-2-4-7-5-6;1-6-4-2-3-5-7-6;1-5-2-6-4-7-3-5;1-5-2-3-6-4-7-5;1-5-2-3-6-7-4-5;1-5-6-3-2-4-7-5;1-5-3-2-4-6-7-5;9*1-2;;;;;;;;;;;;;;;;;;/h2-6H,1H3;3*2-5H,1H3;5*2-4H,1H3;9*1-2H3;18*1H4. The maximum Gasteiger partial charge on any atom is 0.125 e. The third kappa shape index (κ3) is 170. The molecular formula is C86H185N13. The fraction of sp³-hybridized carbons (Fsp3) is 0.523. The first-order valence-electron chi connectivity index (χ1n) is 28.8. The summed E-state index contributed by atoms with van der Waals surface area (Å²) in [6.45, 7) is 53.8. The molecule has 8 aromatic heterocycles. The lowest BCUT2D eigenvalue weighted by atomic mass is 10.2. The van der Waals surface area contributed by atoms with Crippen molar-refractivity contribution in [1.82, 2.24) is 65.3 Å². The number of hydrogen-bond acceptors (Lipinski definition) is 13. The molecule has 0 fully saturated rings. The molecule has 1 aromatic carbocycles. The summed E-state index contributed by atoms with van der Waals surface area (Å²) in [5.74, 6) is 0.822. The number of aryl methyl sites for hydroxylation is 9. The van der Waals surface area contributed by atoms with Crippen molar-refractivity contribution in [2.24, 2.45) is 0 Å². The Morgan fingerprint density at radius 2 is 0.545 bits per heavy atom. The molecule has 99 heavy (non-hydrogen) atoms. The second kappa shape index (κ2) is 174. The number of aromatic nitrogens is 13. The van der Waals surface area contributed by atoms with Gasteiger partial charge in [0.2, 0.25) is 0 Å². The summed E-state index contributed by atoms with van der Waals surface area (Å²) in [6.07, 6.45) is 25.8. The summed E-state index contributed by atoms with van der Waals surface area (Å²) < 4.78 is 0. The second-order valence-corrected chi connectivity index (χ2v) is 13.0. The predicted molar refractivity (Wildman–Crippen MR) is 475 cm³/mol. The molecule has 0 radical (unpaired) electrons. The first kappa shape index (κ1) is 180. The third-order valence-electron chi connectivity index (χ3n) is 6.96. The van der Waals surface area contributed by atoms with E-state index in [-0.39, 0.29) is 134 Å². The Labute approximate surface area is 629 Å². The molecule has 0 aliphatic heterocycles. The lowest BCUT2D eigenvalue weighted by molar-refractivity contribution is 0.980. The van der Waals surface area contributed by atoms with Gasteiger partial charge in [0, 0.05) is 85.7 Å². The second-order valence-electron chi connectivity index (χ2n) is 13.0. The largest absolute Gasteiger partial charge is 0.265 e. The minimum atomic E-state index is 0. The minimum Gasteiger partial charge on any atom is -0.265 e. The number of benzene rings is 1. The van der Waals surface area contributed by atoms with E-state index in [0.717, 1.165) is 34.0 Å². The van der Waals surface area contributed by atoms with E-state index < -0.39 is 0 Å². The molecule has 0 saturated heterocycles. The fourth-order valence-corrected chi connectivity index (χ4v) is 3.70. The van der Waals surface area contributed by atoms with Gasteiger partial charge in [-0.1, -0.05) is 306 Å². The van der Waals surface area contributed by atoms with Gasteiger partial charge in [-0.25, -0.2) is 29.9 Å². The van der Waals surface area contributed by atoms with Crippen LogP contribution in [0.1, 0.15) is 309 Å². The highest BCUT2D eigenvalue weighted by molar-refractivity contribution is 5.12. The van der Waals surface area contributed by atoms with Gasteiger partial charge < -0.3 is 0 Å². The monoisotopic (exact) mass is 1400 g/mol. The van der Waals surface area contributed by atoms with E-state index in [4.69, 9.17) is 0 Å². The molecular weight excluding hydrogens is 1220 g/mol. The van der Waals surface area contributed by atoms with Crippen molar-refractivity contribution in [3.63, 3.8) is 0 Å². The average Bonchev–Trinajstić information content (AvgIpc) is 3.68. The van der Waals surface area contributed by atoms with Gasteiger partial charge in [0.1, 0.15) is 18.5 Å². The summed E-state index contributed by atoms with van der Waals surface area (Å²) in [5.41, 5.74) is 9.08. The Balaban J connectivity index is -0.0000000224. The molecule has 8 heterocycles. The van der Waals surface area contributed by atoms with Crippen molar-refractivity contribution in [2.75, 3.05) is 0 Å². The Morgan fingerprint density at radius 1 is 0.192 bits per heavy atom. The predicted octanol–water partition coefficient (Wildman–Crippen LogP) is 30.8. The van der Waals surface area contributed by atoms with E-state index in [1.807, 2.05) is 271 Å².